The SMILES string of the molecule is Clc1ccc(C2C=C(c3cccs3)Nc3nnnn32)cc1. The number of nitrogens with zero attached hydrogens (tertiary/aromatic N) is 4. The summed E-state index contributed by atoms with van der Waals surface area (Å²) in [6.07, 6.45) is 2.12. The second-order valence-corrected chi connectivity index (χ2v) is 6.01. The molecule has 1 aliphatic rings. The lowest BCUT2D eigenvalue weighted by Gasteiger charge is -2.22. The van der Waals surface area contributed by atoms with Gasteiger partial charge in [-0.15, -0.1) is 11.3 Å². The lowest BCUT2D eigenvalue weighted by atomic mass is 10.0. The highest BCUT2D eigenvalue weighted by molar-refractivity contribution is 7.11. The fourth-order valence-electron chi connectivity index (χ4n) is 2.33. The molecule has 1 aromatic carbocycles. The van der Waals surface area contributed by atoms with Crippen LogP contribution in [0.5, 0.6) is 0 Å². The number of anilines is 1. The molecule has 0 radical (unpaired) electrons. The first-order chi connectivity index (χ1) is 10.3. The highest BCUT2D eigenvalue weighted by Gasteiger charge is 2.24. The molecular weight excluding hydrogens is 306 g/mol. The number of allylic oxidation sites excluding steroid dienone is 1. The predicted octanol–water partition coefficient (Wildman–Crippen LogP) is 3.44. The first kappa shape index (κ1) is 12.6. The van der Waals surface area contributed by atoms with Gasteiger partial charge in [-0.05, 0) is 45.6 Å². The Morgan fingerprint density at radius 3 is 2.81 bits per heavy atom. The summed E-state index contributed by atoms with van der Waals surface area (Å²) in [6, 6.07) is 11.8. The van der Waals surface area contributed by atoms with Crippen LogP contribution in [0, 0.1) is 0 Å². The van der Waals surface area contributed by atoms with Gasteiger partial charge in [0.2, 0.25) is 5.95 Å². The van der Waals surface area contributed by atoms with E-state index in [0.29, 0.717) is 11.0 Å². The van der Waals surface area contributed by atoms with Crippen LogP contribution in [-0.4, -0.2) is 20.2 Å². The van der Waals surface area contributed by atoms with E-state index in [1.807, 2.05) is 35.7 Å². The van der Waals surface area contributed by atoms with Gasteiger partial charge < -0.3 is 5.32 Å². The van der Waals surface area contributed by atoms with E-state index in [0.717, 1.165) is 16.1 Å². The maximum atomic E-state index is 5.97. The third-order valence-corrected chi connectivity index (χ3v) is 4.48. The van der Waals surface area contributed by atoms with E-state index in [1.165, 1.54) is 0 Å². The number of tetrazole rings is 1. The van der Waals surface area contributed by atoms with Gasteiger partial charge in [-0.2, -0.15) is 4.68 Å². The molecule has 1 N–H and O–H groups in total. The number of halogens is 1. The van der Waals surface area contributed by atoms with E-state index < -0.39 is 0 Å². The Balaban J connectivity index is 1.82. The topological polar surface area (TPSA) is 55.6 Å². The fraction of sp³-hybridized carbons (Fsp3) is 0.0714. The Kier molecular flexibility index (Phi) is 2.98. The van der Waals surface area contributed by atoms with Gasteiger partial charge in [0.1, 0.15) is 6.04 Å². The van der Waals surface area contributed by atoms with Gasteiger partial charge in [0, 0.05) is 5.02 Å². The minimum absolute atomic E-state index is 0.0504. The molecular formula is C14H10ClN5S. The normalized spacial score (nSPS) is 17.0. The minimum Gasteiger partial charge on any atom is -0.322 e. The van der Waals surface area contributed by atoms with Gasteiger partial charge in [0.15, 0.2) is 0 Å². The summed E-state index contributed by atoms with van der Waals surface area (Å²) < 4.78 is 1.76. The van der Waals surface area contributed by atoms with Crippen LogP contribution in [0.2, 0.25) is 5.02 Å². The number of aromatic nitrogens is 4. The van der Waals surface area contributed by atoms with Crippen molar-refractivity contribution in [3.8, 4) is 0 Å². The maximum Gasteiger partial charge on any atom is 0.248 e. The Labute approximate surface area is 129 Å². The highest BCUT2D eigenvalue weighted by atomic mass is 35.5. The first-order valence-corrected chi connectivity index (χ1v) is 7.63. The van der Waals surface area contributed by atoms with Crippen molar-refractivity contribution in [1.82, 2.24) is 20.2 Å². The zero-order chi connectivity index (χ0) is 14.2. The third-order valence-electron chi connectivity index (χ3n) is 3.33. The molecule has 1 atom stereocenters. The van der Waals surface area contributed by atoms with Crippen LogP contribution in [0.25, 0.3) is 5.70 Å². The summed E-state index contributed by atoms with van der Waals surface area (Å²) in [5, 5.41) is 17.9. The van der Waals surface area contributed by atoms with Gasteiger partial charge in [0.05, 0.1) is 10.6 Å². The van der Waals surface area contributed by atoms with Crippen molar-refractivity contribution >= 4 is 34.6 Å². The van der Waals surface area contributed by atoms with Crippen molar-refractivity contribution < 1.29 is 0 Å². The van der Waals surface area contributed by atoms with Gasteiger partial charge in [-0.1, -0.05) is 34.9 Å². The number of fused-ring (bicyclic) bond motifs is 1. The lowest BCUT2D eigenvalue weighted by Crippen LogP contribution is -2.19. The number of thiophene rings is 1. The molecule has 0 amide bonds. The molecule has 0 saturated heterocycles. The van der Waals surface area contributed by atoms with Gasteiger partial charge in [-0.3, -0.25) is 0 Å². The molecule has 0 fully saturated rings. The number of rotatable bonds is 2. The van der Waals surface area contributed by atoms with E-state index in [9.17, 15) is 0 Å². The largest absolute Gasteiger partial charge is 0.322 e. The molecule has 4 rings (SSSR count). The zero-order valence-corrected chi connectivity index (χ0v) is 12.3. The van der Waals surface area contributed by atoms with E-state index in [2.05, 4.69) is 33.0 Å². The quantitative estimate of drug-likeness (QED) is 0.787. The van der Waals surface area contributed by atoms with Gasteiger partial charge in [-0.25, -0.2) is 0 Å². The minimum atomic E-state index is -0.0504. The molecule has 3 aromatic rings. The summed E-state index contributed by atoms with van der Waals surface area (Å²) in [5.41, 5.74) is 2.11. The fourth-order valence-corrected chi connectivity index (χ4v) is 3.16. The van der Waals surface area contributed by atoms with E-state index in [1.54, 1.807) is 16.0 Å². The van der Waals surface area contributed by atoms with Gasteiger partial charge >= 0.3 is 0 Å². The third kappa shape index (κ3) is 2.22. The standard InChI is InChI=1S/C14H10ClN5S/c15-10-5-3-9(4-6-10)12-8-11(13-2-1-7-21-13)16-14-17-18-19-20(12)14/h1-8,12H,(H,16,17,19). The molecule has 2 aromatic heterocycles. The lowest BCUT2D eigenvalue weighted by molar-refractivity contribution is 0.586. The molecule has 0 bridgehead atoms. The molecule has 1 aliphatic heterocycles. The molecule has 0 saturated carbocycles. The number of hydrogen-bond acceptors (Lipinski definition) is 5. The van der Waals surface area contributed by atoms with Crippen LogP contribution in [-0.2, 0) is 0 Å². The van der Waals surface area contributed by atoms with Crippen LogP contribution < -0.4 is 5.32 Å². The van der Waals surface area contributed by atoms with Gasteiger partial charge in [0.25, 0.3) is 0 Å². The Hall–Kier alpha value is -2.18. The number of hydrogen-bond donors (Lipinski definition) is 1. The van der Waals surface area contributed by atoms with Crippen molar-refractivity contribution in [1.29, 1.82) is 0 Å². The summed E-state index contributed by atoms with van der Waals surface area (Å²) in [7, 11) is 0. The molecule has 104 valence electrons. The summed E-state index contributed by atoms with van der Waals surface area (Å²) in [5.74, 6) is 0.640. The average molecular weight is 316 g/mol. The van der Waals surface area contributed by atoms with E-state index in [4.69, 9.17) is 11.6 Å². The zero-order valence-electron chi connectivity index (χ0n) is 10.8. The van der Waals surface area contributed by atoms with Crippen molar-refractivity contribution in [2.45, 2.75) is 6.04 Å². The summed E-state index contributed by atoms with van der Waals surface area (Å²) in [4.78, 5) is 1.16. The Morgan fingerprint density at radius 1 is 1.19 bits per heavy atom. The molecule has 1 unspecified atom stereocenters. The molecule has 21 heavy (non-hydrogen) atoms. The molecule has 0 aliphatic carbocycles. The van der Waals surface area contributed by atoms with Crippen LogP contribution in [0.4, 0.5) is 5.95 Å². The Morgan fingerprint density at radius 2 is 2.05 bits per heavy atom. The smallest absolute Gasteiger partial charge is 0.248 e. The predicted molar refractivity (Wildman–Crippen MR) is 83.3 cm³/mol. The van der Waals surface area contributed by atoms with Crippen molar-refractivity contribution in [2.24, 2.45) is 0 Å². The van der Waals surface area contributed by atoms with Crippen LogP contribution in [0.3, 0.4) is 0 Å². The Bertz CT molecular complexity index is 791. The average Bonchev–Trinajstić information content (AvgIpc) is 3.18. The second-order valence-electron chi connectivity index (χ2n) is 4.63. The van der Waals surface area contributed by atoms with Crippen molar-refractivity contribution in [3.63, 3.8) is 0 Å². The van der Waals surface area contributed by atoms with Crippen LogP contribution in [0.1, 0.15) is 16.5 Å². The molecule has 0 spiro atoms. The second kappa shape index (κ2) is 4.98. The summed E-state index contributed by atoms with van der Waals surface area (Å²) >= 11 is 7.64. The molecule has 3 heterocycles. The van der Waals surface area contributed by atoms with Crippen molar-refractivity contribution in [2.75, 3.05) is 5.32 Å². The monoisotopic (exact) mass is 315 g/mol. The molecule has 5 nitrogen and oxygen atoms in total. The van der Waals surface area contributed by atoms with Crippen molar-refractivity contribution in [3.05, 3.63) is 63.3 Å². The van der Waals surface area contributed by atoms with E-state index in [-0.39, 0.29) is 6.04 Å². The van der Waals surface area contributed by atoms with Crippen LogP contribution in [0.15, 0.2) is 47.9 Å². The molecule has 7 heteroatoms. The van der Waals surface area contributed by atoms with Crippen LogP contribution >= 0.6 is 22.9 Å². The highest BCUT2D eigenvalue weighted by Crippen LogP contribution is 2.33. The van der Waals surface area contributed by atoms with E-state index >= 15 is 0 Å². The summed E-state index contributed by atoms with van der Waals surface area (Å²) in [6.45, 7) is 0. The number of benzene rings is 1. The maximum absolute atomic E-state index is 5.97. The first-order valence-electron chi connectivity index (χ1n) is 6.37. The number of nitrogens with one attached hydrogen (secondary N) is 1.